The van der Waals surface area contributed by atoms with Crippen molar-refractivity contribution in [2.45, 2.75) is 18.9 Å². The molecule has 29 heavy (non-hydrogen) atoms. The highest BCUT2D eigenvalue weighted by Gasteiger charge is 2.24. The van der Waals surface area contributed by atoms with Crippen LogP contribution in [-0.2, 0) is 19.1 Å². The fourth-order valence-corrected chi connectivity index (χ4v) is 2.30. The van der Waals surface area contributed by atoms with Crippen molar-refractivity contribution >= 4 is 23.7 Å². The summed E-state index contributed by atoms with van der Waals surface area (Å²) in [5.74, 6) is -1.23. The van der Waals surface area contributed by atoms with Gasteiger partial charge in [0.15, 0.2) is 6.61 Å². The fourth-order valence-electron chi connectivity index (χ4n) is 2.30. The second kappa shape index (κ2) is 10.3. The van der Waals surface area contributed by atoms with Crippen molar-refractivity contribution in [3.05, 3.63) is 23.8 Å². The van der Waals surface area contributed by atoms with E-state index in [0.29, 0.717) is 11.5 Å². The first-order valence-electron chi connectivity index (χ1n) is 9.02. The second-order valence-corrected chi connectivity index (χ2v) is 6.54. The number of hydrogen-bond donors (Lipinski definition) is 2. The van der Waals surface area contributed by atoms with Gasteiger partial charge in [0.1, 0.15) is 18.0 Å². The maximum Gasteiger partial charge on any atom is 0.325 e. The highest BCUT2D eigenvalue weighted by Crippen LogP contribution is 2.22. The average Bonchev–Trinajstić information content (AvgIpc) is 3.53. The molecule has 1 fully saturated rings. The van der Waals surface area contributed by atoms with Crippen LogP contribution in [0.15, 0.2) is 18.2 Å². The highest BCUT2D eigenvalue weighted by atomic mass is 16.5. The first kappa shape index (κ1) is 22.0. The minimum Gasteiger partial charge on any atom is -0.497 e. The third-order valence-corrected chi connectivity index (χ3v) is 4.11. The molecule has 0 saturated heterocycles. The van der Waals surface area contributed by atoms with Crippen LogP contribution in [0.25, 0.3) is 0 Å². The van der Waals surface area contributed by atoms with Crippen molar-refractivity contribution in [1.82, 2.24) is 15.5 Å². The molecule has 1 saturated carbocycles. The Kier molecular flexibility index (Phi) is 7.81. The summed E-state index contributed by atoms with van der Waals surface area (Å²) in [6, 6.07) is 4.80. The van der Waals surface area contributed by atoms with Gasteiger partial charge in [-0.2, -0.15) is 0 Å². The Morgan fingerprint density at radius 3 is 2.24 bits per heavy atom. The molecule has 1 aliphatic carbocycles. The van der Waals surface area contributed by atoms with Crippen LogP contribution in [0.2, 0.25) is 0 Å². The summed E-state index contributed by atoms with van der Waals surface area (Å²) < 4.78 is 15.0. The van der Waals surface area contributed by atoms with Crippen LogP contribution in [0.1, 0.15) is 23.2 Å². The number of nitrogens with one attached hydrogen (secondary N) is 2. The van der Waals surface area contributed by atoms with Crippen LogP contribution in [-0.4, -0.2) is 75.6 Å². The molecule has 2 N–H and O–H groups in total. The summed E-state index contributed by atoms with van der Waals surface area (Å²) >= 11 is 0. The van der Waals surface area contributed by atoms with E-state index in [0.717, 1.165) is 12.8 Å². The van der Waals surface area contributed by atoms with E-state index in [2.05, 4.69) is 10.6 Å². The Balaban J connectivity index is 1.73. The lowest BCUT2D eigenvalue weighted by molar-refractivity contribution is -0.151. The number of carbonyl (C=O) groups is 4. The molecule has 0 atom stereocenters. The van der Waals surface area contributed by atoms with Gasteiger partial charge in [0.05, 0.1) is 20.8 Å². The minimum absolute atomic E-state index is 0.110. The third kappa shape index (κ3) is 7.32. The number of likely N-dealkylation sites (N-methyl/N-ethyl adjacent to an activating group) is 1. The normalized spacial score (nSPS) is 12.5. The van der Waals surface area contributed by atoms with E-state index in [1.54, 1.807) is 6.07 Å². The SMILES string of the molecule is COc1cc(OC)cc(C(=O)NCC(=O)OCC(=O)N(C)CC(=O)NC2CC2)c1. The summed E-state index contributed by atoms with van der Waals surface area (Å²) in [6.07, 6.45) is 1.91. The predicted molar refractivity (Wildman–Crippen MR) is 102 cm³/mol. The Morgan fingerprint density at radius 2 is 1.69 bits per heavy atom. The Morgan fingerprint density at radius 1 is 1.07 bits per heavy atom. The van der Waals surface area contributed by atoms with E-state index in [1.807, 2.05) is 0 Å². The van der Waals surface area contributed by atoms with Gasteiger partial charge in [0, 0.05) is 24.7 Å². The van der Waals surface area contributed by atoms with Gasteiger partial charge < -0.3 is 29.7 Å². The molecule has 1 aromatic rings. The molecule has 10 heteroatoms. The highest BCUT2D eigenvalue weighted by molar-refractivity contribution is 5.96. The Labute approximate surface area is 168 Å². The zero-order valence-corrected chi connectivity index (χ0v) is 16.6. The standard InChI is InChI=1S/C19H25N3O7/c1-22(10-16(23)21-13-4-5-13)17(24)11-29-18(25)9-20-19(26)12-6-14(27-2)8-15(7-12)28-3/h6-8,13H,4-5,9-11H2,1-3H3,(H,20,26)(H,21,23). The van der Waals surface area contributed by atoms with Gasteiger partial charge in [-0.15, -0.1) is 0 Å². The van der Waals surface area contributed by atoms with Crippen LogP contribution in [0.3, 0.4) is 0 Å². The van der Waals surface area contributed by atoms with Gasteiger partial charge in [0.25, 0.3) is 11.8 Å². The largest absolute Gasteiger partial charge is 0.497 e. The fraction of sp³-hybridized carbons (Fsp3) is 0.474. The van der Waals surface area contributed by atoms with Crippen LogP contribution in [0.4, 0.5) is 0 Å². The van der Waals surface area contributed by atoms with Gasteiger partial charge in [-0.25, -0.2) is 0 Å². The Hall–Kier alpha value is -3.30. The molecule has 2 rings (SSSR count). The van der Waals surface area contributed by atoms with E-state index < -0.39 is 30.9 Å². The Bertz CT molecular complexity index is 755. The van der Waals surface area contributed by atoms with E-state index in [1.165, 1.54) is 38.3 Å². The van der Waals surface area contributed by atoms with Crippen LogP contribution in [0, 0.1) is 0 Å². The first-order chi connectivity index (χ1) is 13.8. The van der Waals surface area contributed by atoms with Crippen LogP contribution >= 0.6 is 0 Å². The molecule has 0 heterocycles. The van der Waals surface area contributed by atoms with Gasteiger partial charge in [0.2, 0.25) is 5.91 Å². The molecule has 3 amide bonds. The van der Waals surface area contributed by atoms with Crippen molar-refractivity contribution < 1.29 is 33.4 Å². The molecule has 0 aliphatic heterocycles. The number of rotatable bonds is 10. The maximum atomic E-state index is 12.2. The number of carbonyl (C=O) groups excluding carboxylic acids is 4. The molecule has 0 spiro atoms. The predicted octanol–water partition coefficient (Wildman–Crippen LogP) is -0.286. The topological polar surface area (TPSA) is 123 Å². The zero-order valence-electron chi connectivity index (χ0n) is 16.6. The zero-order chi connectivity index (χ0) is 21.4. The second-order valence-electron chi connectivity index (χ2n) is 6.54. The van der Waals surface area contributed by atoms with E-state index in [9.17, 15) is 19.2 Å². The first-order valence-corrected chi connectivity index (χ1v) is 9.02. The molecule has 1 aromatic carbocycles. The molecule has 0 unspecified atom stereocenters. The molecular formula is C19H25N3O7. The number of hydrogen-bond acceptors (Lipinski definition) is 7. The van der Waals surface area contributed by atoms with Gasteiger partial charge in [-0.1, -0.05) is 0 Å². The minimum atomic E-state index is -0.780. The molecule has 1 aliphatic rings. The average molecular weight is 407 g/mol. The maximum absolute atomic E-state index is 12.2. The smallest absolute Gasteiger partial charge is 0.325 e. The van der Waals surface area contributed by atoms with E-state index in [4.69, 9.17) is 14.2 Å². The molecule has 158 valence electrons. The van der Waals surface area contributed by atoms with Gasteiger partial charge in [-0.05, 0) is 25.0 Å². The number of methoxy groups -OCH3 is 2. The lowest BCUT2D eigenvalue weighted by Gasteiger charge is -2.16. The molecular weight excluding hydrogens is 382 g/mol. The molecule has 0 radical (unpaired) electrons. The summed E-state index contributed by atoms with van der Waals surface area (Å²) in [6.45, 7) is -1.05. The van der Waals surface area contributed by atoms with Crippen LogP contribution < -0.4 is 20.1 Å². The number of benzene rings is 1. The molecule has 0 aromatic heterocycles. The van der Waals surface area contributed by atoms with Crippen molar-refractivity contribution in [3.8, 4) is 11.5 Å². The van der Waals surface area contributed by atoms with Gasteiger partial charge in [-0.3, -0.25) is 19.2 Å². The van der Waals surface area contributed by atoms with Crippen molar-refractivity contribution in [2.24, 2.45) is 0 Å². The summed E-state index contributed by atoms with van der Waals surface area (Å²) in [4.78, 5) is 48.8. The molecule has 10 nitrogen and oxygen atoms in total. The number of nitrogens with zero attached hydrogens (tertiary/aromatic N) is 1. The number of esters is 1. The monoisotopic (exact) mass is 407 g/mol. The lowest BCUT2D eigenvalue weighted by atomic mass is 10.2. The van der Waals surface area contributed by atoms with Crippen molar-refractivity contribution in [2.75, 3.05) is 41.0 Å². The van der Waals surface area contributed by atoms with E-state index in [-0.39, 0.29) is 24.1 Å². The number of amides is 3. The van der Waals surface area contributed by atoms with Gasteiger partial charge >= 0.3 is 5.97 Å². The van der Waals surface area contributed by atoms with Crippen molar-refractivity contribution in [1.29, 1.82) is 0 Å². The summed E-state index contributed by atoms with van der Waals surface area (Å²) in [7, 11) is 4.36. The van der Waals surface area contributed by atoms with Crippen LogP contribution in [0.5, 0.6) is 11.5 Å². The molecule has 0 bridgehead atoms. The van der Waals surface area contributed by atoms with Crippen molar-refractivity contribution in [3.63, 3.8) is 0 Å². The summed E-state index contributed by atoms with van der Waals surface area (Å²) in [5.41, 5.74) is 0.242. The quantitative estimate of drug-likeness (QED) is 0.511. The number of ether oxygens (including phenoxy) is 3. The van der Waals surface area contributed by atoms with E-state index >= 15 is 0 Å². The third-order valence-electron chi connectivity index (χ3n) is 4.11. The lowest BCUT2D eigenvalue weighted by Crippen LogP contribution is -2.41. The summed E-state index contributed by atoms with van der Waals surface area (Å²) in [5, 5.41) is 5.16.